The van der Waals surface area contributed by atoms with Crippen molar-refractivity contribution in [2.24, 2.45) is 0 Å². The number of ether oxygens (including phenoxy) is 1. The predicted octanol–water partition coefficient (Wildman–Crippen LogP) is 6.01. The molecule has 1 aromatic carbocycles. The number of halogens is 1. The minimum atomic E-state index is -0.184. The van der Waals surface area contributed by atoms with Crippen LogP contribution < -0.4 is 5.30 Å². The minimum absolute atomic E-state index is 0.0903. The summed E-state index contributed by atoms with van der Waals surface area (Å²) in [4.78, 5) is 10.3. The highest BCUT2D eigenvalue weighted by molar-refractivity contribution is 7.27. The molecule has 1 N–H and O–H groups in total. The fourth-order valence-electron chi connectivity index (χ4n) is 2.30. The van der Waals surface area contributed by atoms with Gasteiger partial charge in [-0.25, -0.2) is 4.39 Å². The number of carbonyl (C=O) groups is 1. The normalized spacial score (nSPS) is 11.1. The van der Waals surface area contributed by atoms with E-state index in [1.807, 2.05) is 39.8 Å². The number of aryl methyl sites for hydroxylation is 1. The van der Waals surface area contributed by atoms with Gasteiger partial charge in [-0.3, -0.25) is 9.89 Å². The second-order valence-electron chi connectivity index (χ2n) is 6.41. The monoisotopic (exact) mass is 446 g/mol. The molecule has 0 aliphatic heterocycles. The van der Waals surface area contributed by atoms with Gasteiger partial charge in [0.15, 0.2) is 0 Å². The third kappa shape index (κ3) is 15.8. The van der Waals surface area contributed by atoms with E-state index in [0.29, 0.717) is 5.30 Å². The van der Waals surface area contributed by atoms with Crippen LogP contribution in [0.3, 0.4) is 0 Å². The molecule has 0 aliphatic rings. The number of hydrogen-bond acceptors (Lipinski definition) is 3. The maximum Gasteiger partial charge on any atom is 0.302 e. The smallest absolute Gasteiger partial charge is 0.302 e. The van der Waals surface area contributed by atoms with E-state index in [4.69, 9.17) is 4.74 Å². The Morgan fingerprint density at radius 1 is 1.32 bits per heavy atom. The molecule has 0 radical (unpaired) electrons. The van der Waals surface area contributed by atoms with Gasteiger partial charge in [0.2, 0.25) is 0 Å². The average molecular weight is 447 g/mol. The summed E-state index contributed by atoms with van der Waals surface area (Å²) >= 11 is 0. The number of hydrogen-bond donors (Lipinski definition) is 1. The standard InChI is InChI=1S/C10H14N2.C7H14O2.C6H6FP.C2H2/c1-4-6-9(5-2)10-7-8(3)11-12-10;1-4-5-6(2)9-7(3)8;7-5-3-1-2-4-6(5)8;1-2/h4-7H,1-3H3,(H,11,12);6H,4-5H2,1-3H3;1-4H,8H2;1-2H/b6-4-,9-5+;;;. The molecule has 0 aliphatic carbocycles. The number of aromatic amines is 1. The van der Waals surface area contributed by atoms with Crippen LogP contribution in [0.4, 0.5) is 4.39 Å². The van der Waals surface area contributed by atoms with Crippen LogP contribution in [0.1, 0.15) is 58.8 Å². The van der Waals surface area contributed by atoms with Crippen molar-refractivity contribution in [1.82, 2.24) is 10.2 Å². The van der Waals surface area contributed by atoms with Crippen molar-refractivity contribution in [3.05, 3.63) is 65.8 Å². The number of nitrogens with one attached hydrogen (secondary N) is 1. The fourth-order valence-corrected chi connectivity index (χ4v) is 2.51. The molecule has 1 aromatic heterocycles. The van der Waals surface area contributed by atoms with E-state index in [2.05, 4.69) is 51.4 Å². The van der Waals surface area contributed by atoms with E-state index in [1.165, 1.54) is 13.0 Å². The molecule has 2 atom stereocenters. The molecule has 6 heteroatoms. The van der Waals surface area contributed by atoms with Gasteiger partial charge in [0.05, 0.1) is 11.8 Å². The SMILES string of the molecule is C#C.C/C=C\C(=C/C)c1cc(C)[nH]n1.CCCC(C)OC(C)=O.Fc1ccccc1P. The van der Waals surface area contributed by atoms with Crippen LogP contribution in [0.5, 0.6) is 0 Å². The molecule has 2 unspecified atom stereocenters. The lowest BCUT2D eigenvalue weighted by Crippen LogP contribution is -2.11. The molecule has 2 rings (SSSR count). The van der Waals surface area contributed by atoms with Gasteiger partial charge in [-0.15, -0.1) is 22.1 Å². The predicted molar refractivity (Wildman–Crippen MR) is 134 cm³/mol. The highest BCUT2D eigenvalue weighted by atomic mass is 31.0. The summed E-state index contributed by atoms with van der Waals surface area (Å²) in [6.07, 6.45) is 16.2. The maximum absolute atomic E-state index is 12.3. The highest BCUT2D eigenvalue weighted by Gasteiger charge is 2.01. The Hall–Kier alpha value is -2.70. The lowest BCUT2D eigenvalue weighted by atomic mass is 10.1. The molecular weight excluding hydrogens is 410 g/mol. The van der Waals surface area contributed by atoms with Crippen molar-refractivity contribution in [2.45, 2.75) is 60.5 Å². The van der Waals surface area contributed by atoms with Crippen molar-refractivity contribution in [3.8, 4) is 12.8 Å². The first kappa shape index (κ1) is 30.5. The first-order chi connectivity index (χ1) is 14.7. The summed E-state index contributed by atoms with van der Waals surface area (Å²) in [6, 6.07) is 8.64. The van der Waals surface area contributed by atoms with Crippen molar-refractivity contribution in [3.63, 3.8) is 0 Å². The summed E-state index contributed by atoms with van der Waals surface area (Å²) in [5, 5.41) is 7.70. The van der Waals surface area contributed by atoms with Gasteiger partial charge in [0, 0.05) is 17.9 Å². The molecule has 2 aromatic rings. The second-order valence-corrected chi connectivity index (χ2v) is 7.03. The Labute approximate surface area is 189 Å². The topological polar surface area (TPSA) is 55.0 Å². The largest absolute Gasteiger partial charge is 0.463 e. The number of carbonyl (C=O) groups excluding carboxylic acids is 1. The van der Waals surface area contributed by atoms with Gasteiger partial charge in [-0.05, 0) is 51.8 Å². The molecule has 0 fully saturated rings. The lowest BCUT2D eigenvalue weighted by molar-refractivity contribution is -0.145. The zero-order valence-electron chi connectivity index (χ0n) is 19.5. The van der Waals surface area contributed by atoms with E-state index >= 15 is 0 Å². The third-order valence-electron chi connectivity index (χ3n) is 3.63. The summed E-state index contributed by atoms with van der Waals surface area (Å²) in [5.41, 5.74) is 3.25. The number of rotatable bonds is 5. The number of esters is 1. The van der Waals surface area contributed by atoms with Crippen LogP contribution in [-0.4, -0.2) is 22.3 Å². The van der Waals surface area contributed by atoms with Gasteiger partial charge >= 0.3 is 5.97 Å². The molecule has 0 spiro atoms. The van der Waals surface area contributed by atoms with Gasteiger partial charge in [0.1, 0.15) is 5.82 Å². The van der Waals surface area contributed by atoms with E-state index in [1.54, 1.807) is 18.2 Å². The number of aromatic nitrogens is 2. The van der Waals surface area contributed by atoms with Gasteiger partial charge in [0.25, 0.3) is 0 Å². The van der Waals surface area contributed by atoms with Crippen molar-refractivity contribution in [2.75, 3.05) is 0 Å². The zero-order valence-corrected chi connectivity index (χ0v) is 20.6. The molecule has 31 heavy (non-hydrogen) atoms. The van der Waals surface area contributed by atoms with Crippen LogP contribution in [0, 0.1) is 25.6 Å². The average Bonchev–Trinajstić information content (AvgIpc) is 3.16. The summed E-state index contributed by atoms with van der Waals surface area (Å²) < 4.78 is 17.1. The molecule has 0 amide bonds. The Bertz CT molecular complexity index is 805. The van der Waals surface area contributed by atoms with Crippen molar-refractivity contribution in [1.29, 1.82) is 0 Å². The molecular formula is C25H36FN2O2P. The lowest BCUT2D eigenvalue weighted by Gasteiger charge is -2.08. The maximum atomic E-state index is 12.3. The summed E-state index contributed by atoms with van der Waals surface area (Å²) in [5.74, 6) is -0.353. The first-order valence-corrected chi connectivity index (χ1v) is 10.6. The Kier molecular flexibility index (Phi) is 19.0. The Morgan fingerprint density at radius 3 is 2.29 bits per heavy atom. The van der Waals surface area contributed by atoms with Crippen molar-refractivity contribution >= 4 is 26.1 Å². The molecule has 0 saturated carbocycles. The number of terminal acetylenes is 1. The molecule has 1 heterocycles. The quantitative estimate of drug-likeness (QED) is 0.265. The second kappa shape index (κ2) is 19.3. The zero-order chi connectivity index (χ0) is 24.2. The van der Waals surface area contributed by atoms with E-state index in [9.17, 15) is 9.18 Å². The summed E-state index contributed by atoms with van der Waals surface area (Å²) in [6.45, 7) is 11.4. The first-order valence-electron chi connectivity index (χ1n) is 10.1. The van der Waals surface area contributed by atoms with E-state index in [-0.39, 0.29) is 17.9 Å². The molecule has 0 saturated heterocycles. The van der Waals surface area contributed by atoms with E-state index in [0.717, 1.165) is 29.8 Å². The highest BCUT2D eigenvalue weighted by Crippen LogP contribution is 2.13. The molecule has 4 nitrogen and oxygen atoms in total. The minimum Gasteiger partial charge on any atom is -0.463 e. The van der Waals surface area contributed by atoms with Gasteiger partial charge in [-0.2, -0.15) is 5.10 Å². The van der Waals surface area contributed by atoms with Crippen LogP contribution in [0.2, 0.25) is 0 Å². The Morgan fingerprint density at radius 2 is 1.94 bits per heavy atom. The van der Waals surface area contributed by atoms with Gasteiger partial charge in [-0.1, -0.05) is 49.8 Å². The molecule has 0 bridgehead atoms. The number of benzene rings is 1. The third-order valence-corrected chi connectivity index (χ3v) is 4.09. The molecule has 170 valence electrons. The van der Waals surface area contributed by atoms with Crippen LogP contribution in [0.25, 0.3) is 5.57 Å². The van der Waals surface area contributed by atoms with Crippen LogP contribution in [0.15, 0.2) is 48.6 Å². The van der Waals surface area contributed by atoms with Gasteiger partial charge < -0.3 is 4.74 Å². The number of allylic oxidation sites excluding steroid dienone is 4. The van der Waals surface area contributed by atoms with E-state index < -0.39 is 0 Å². The van der Waals surface area contributed by atoms with Crippen molar-refractivity contribution < 1.29 is 13.9 Å². The van der Waals surface area contributed by atoms with Crippen LogP contribution >= 0.6 is 9.24 Å². The Balaban J connectivity index is 0. The van der Waals surface area contributed by atoms with Crippen LogP contribution in [-0.2, 0) is 9.53 Å². The number of nitrogens with zero attached hydrogens (tertiary/aromatic N) is 1. The fraction of sp³-hybridized carbons (Fsp3) is 0.360. The number of H-pyrrole nitrogens is 1. The summed E-state index contributed by atoms with van der Waals surface area (Å²) in [7, 11) is 2.31.